The monoisotopic (exact) mass is 1490 g/mol. The third-order valence-corrected chi connectivity index (χ3v) is 26.6. The van der Waals surface area contributed by atoms with Crippen LogP contribution in [0.3, 0.4) is 0 Å². The Hall–Kier alpha value is -10.6. The average Bonchev–Trinajstić information content (AvgIpc) is 1.64. The number of unbranched alkanes of at least 4 members (excludes halogenated alkanes) is 6. The predicted molar refractivity (Wildman–Crippen MR) is 491 cm³/mol. The van der Waals surface area contributed by atoms with Gasteiger partial charge < -0.3 is 27.4 Å². The molecule has 0 N–H and O–H groups in total. The Balaban J connectivity index is 0.662. The first-order valence-corrected chi connectivity index (χ1v) is 44.4. The Morgan fingerprint density at radius 1 is 0.149 bits per heavy atom. The Kier molecular flexibility index (Phi) is 20.7. The third-order valence-electron chi connectivity index (χ3n) is 26.6. The van der Waals surface area contributed by atoms with Crippen molar-refractivity contribution in [3.8, 4) is 0 Å². The molecular formula is C108H114N6. The van der Waals surface area contributed by atoms with E-state index in [0.717, 1.165) is 155 Å². The molecule has 18 aromatic rings. The molecule has 0 atom stereocenters. The number of aromatic nitrogens is 6. The first-order valence-electron chi connectivity index (χ1n) is 44.4. The molecule has 576 valence electrons. The van der Waals surface area contributed by atoms with E-state index in [1.807, 2.05) is 0 Å². The normalized spacial score (nSPS) is 13.7. The van der Waals surface area contributed by atoms with Gasteiger partial charge in [0.05, 0.1) is 0 Å². The third kappa shape index (κ3) is 13.9. The molecule has 6 aromatic heterocycles. The lowest BCUT2D eigenvalue weighted by Gasteiger charge is -2.11. The van der Waals surface area contributed by atoms with Crippen molar-refractivity contribution < 1.29 is 0 Å². The van der Waals surface area contributed by atoms with E-state index in [0.29, 0.717) is 0 Å². The van der Waals surface area contributed by atoms with E-state index >= 15 is 0 Å². The molecule has 0 saturated heterocycles. The second-order valence-electron chi connectivity index (χ2n) is 34.2. The zero-order valence-electron chi connectivity index (χ0n) is 68.7. The highest BCUT2D eigenvalue weighted by Crippen LogP contribution is 2.40. The van der Waals surface area contributed by atoms with Gasteiger partial charge in [0.25, 0.3) is 0 Å². The van der Waals surface area contributed by atoms with E-state index in [1.165, 1.54) is 236 Å². The molecule has 114 heavy (non-hydrogen) atoms. The van der Waals surface area contributed by atoms with E-state index in [-0.39, 0.29) is 0 Å². The van der Waals surface area contributed by atoms with Gasteiger partial charge >= 0.3 is 0 Å². The fourth-order valence-electron chi connectivity index (χ4n) is 20.1. The van der Waals surface area contributed by atoms with E-state index in [2.05, 4.69) is 287 Å². The molecule has 0 saturated carbocycles. The maximum Gasteiger partial charge on any atom is 0.0494 e. The summed E-state index contributed by atoms with van der Waals surface area (Å²) in [6.07, 6.45) is 26.0. The fraction of sp³-hybridized carbons (Fsp3) is 0.333. The van der Waals surface area contributed by atoms with Crippen LogP contribution in [0.15, 0.2) is 218 Å². The van der Waals surface area contributed by atoms with Crippen LogP contribution in [-0.4, -0.2) is 27.4 Å². The Bertz CT molecular complexity index is 5250. The van der Waals surface area contributed by atoms with Crippen LogP contribution in [0.2, 0.25) is 0 Å². The van der Waals surface area contributed by atoms with E-state index in [1.54, 1.807) is 0 Å². The van der Waals surface area contributed by atoms with E-state index < -0.39 is 0 Å². The number of aryl methyl sites for hydroxylation is 18. The van der Waals surface area contributed by atoms with Crippen molar-refractivity contribution >= 4 is 131 Å². The summed E-state index contributed by atoms with van der Waals surface area (Å²) in [6.45, 7) is 20.2. The number of hydrogen-bond donors (Lipinski definition) is 0. The van der Waals surface area contributed by atoms with Gasteiger partial charge in [0.2, 0.25) is 0 Å². The van der Waals surface area contributed by atoms with E-state index in [4.69, 9.17) is 0 Å². The van der Waals surface area contributed by atoms with Gasteiger partial charge in [-0.3, -0.25) is 0 Å². The van der Waals surface area contributed by atoms with Crippen LogP contribution in [0.4, 0.5) is 0 Å². The Morgan fingerprint density at radius 2 is 0.246 bits per heavy atom. The number of benzene rings is 12. The van der Waals surface area contributed by atoms with Gasteiger partial charge in [0.15, 0.2) is 0 Å². The van der Waals surface area contributed by atoms with Crippen molar-refractivity contribution in [2.24, 2.45) is 0 Å². The number of fused-ring (bicyclic) bond motifs is 18. The van der Waals surface area contributed by atoms with Gasteiger partial charge in [-0.25, -0.2) is 0 Å². The molecule has 7 heterocycles. The molecule has 6 nitrogen and oxygen atoms in total. The quantitative estimate of drug-likeness (QED) is 0.0820. The average molecular weight is 1500 g/mol. The minimum atomic E-state index is 1.01. The van der Waals surface area contributed by atoms with Gasteiger partial charge in [-0.2, -0.15) is 0 Å². The summed E-state index contributed by atoms with van der Waals surface area (Å²) in [5, 5.41) is 16.5. The molecule has 6 heteroatoms. The summed E-state index contributed by atoms with van der Waals surface area (Å²) in [5.41, 5.74) is 33.6. The molecular weight excluding hydrogens is 1380 g/mol. The lowest BCUT2D eigenvalue weighted by Crippen LogP contribution is -2.00. The van der Waals surface area contributed by atoms with Crippen molar-refractivity contribution in [1.82, 2.24) is 27.4 Å². The highest BCUT2D eigenvalue weighted by Gasteiger charge is 2.22. The van der Waals surface area contributed by atoms with E-state index in [9.17, 15) is 0 Å². The summed E-state index contributed by atoms with van der Waals surface area (Å²) in [5.74, 6) is 0. The van der Waals surface area contributed by atoms with Gasteiger partial charge in [0.1, 0.15) is 0 Å². The Labute approximate surface area is 674 Å². The van der Waals surface area contributed by atoms with Crippen LogP contribution >= 0.6 is 0 Å². The smallest absolute Gasteiger partial charge is 0.0494 e. The lowest BCUT2D eigenvalue weighted by atomic mass is 9.99. The molecule has 24 bridgehead atoms. The molecule has 19 rings (SSSR count). The molecule has 0 radical (unpaired) electrons. The highest BCUT2D eigenvalue weighted by atomic mass is 15.0. The molecule has 12 aromatic carbocycles. The molecule has 0 unspecified atom stereocenters. The largest absolute Gasteiger partial charge is 0.340 e. The minimum absolute atomic E-state index is 1.01. The predicted octanol–water partition coefficient (Wildman–Crippen LogP) is 28.2. The molecule has 0 aliphatic carbocycles. The highest BCUT2D eigenvalue weighted by molar-refractivity contribution is 6.13. The second-order valence-corrected chi connectivity index (χ2v) is 34.2. The van der Waals surface area contributed by atoms with Crippen molar-refractivity contribution in [1.29, 1.82) is 0 Å². The molecule has 0 amide bonds. The van der Waals surface area contributed by atoms with Crippen LogP contribution < -0.4 is 0 Å². The fourth-order valence-corrected chi connectivity index (χ4v) is 20.1. The number of nitrogens with zero attached hydrogens (tertiary/aromatic N) is 6. The molecule has 0 fully saturated rings. The van der Waals surface area contributed by atoms with Crippen LogP contribution in [0, 0.1) is 0 Å². The van der Waals surface area contributed by atoms with Gasteiger partial charge in [0, 0.05) is 170 Å². The van der Waals surface area contributed by atoms with Crippen LogP contribution in [0.5, 0.6) is 0 Å². The van der Waals surface area contributed by atoms with Crippen molar-refractivity contribution in [2.45, 2.75) is 235 Å². The summed E-state index contributed by atoms with van der Waals surface area (Å²) in [4.78, 5) is 0. The zero-order valence-corrected chi connectivity index (χ0v) is 68.7. The summed E-state index contributed by atoms with van der Waals surface area (Å²) in [6, 6.07) is 88.7. The maximum atomic E-state index is 2.66. The molecule has 1 aliphatic heterocycles. The Morgan fingerprint density at radius 3 is 0.333 bits per heavy atom. The van der Waals surface area contributed by atoms with Gasteiger partial charge in [-0.05, 0) is 255 Å². The van der Waals surface area contributed by atoms with Crippen LogP contribution in [0.1, 0.15) is 185 Å². The summed E-state index contributed by atoms with van der Waals surface area (Å²) < 4.78 is 16.0. The van der Waals surface area contributed by atoms with Crippen molar-refractivity contribution in [2.75, 3.05) is 0 Å². The molecule has 0 spiro atoms. The minimum Gasteiger partial charge on any atom is -0.340 e. The van der Waals surface area contributed by atoms with Gasteiger partial charge in [-0.15, -0.1) is 0 Å². The first-order chi connectivity index (χ1) is 56.2. The first kappa shape index (κ1) is 73.6. The van der Waals surface area contributed by atoms with Crippen molar-refractivity contribution in [3.05, 3.63) is 285 Å². The van der Waals surface area contributed by atoms with Gasteiger partial charge in [-0.1, -0.05) is 226 Å². The standard InChI is InChI=1S/C108H114N6/c1-7-13-55-109-97-61-73-19-21-75-33-45-87-89-47-35-77(65-101(89)110(56-14-8-2)99(87)63-75)23-25-79-37-49-91-93-51-39-81(69-105(93)112(58-16-10-4)103(91)67-79)27-29-83-41-53-95-96-54-42-84(72-108(96)114(60-18-12-6)107(95)71-83)30-28-82-40-52-94-92-50-38-80(68-104(92)113(59-17-11-5)106(94)70-82)26-24-78-36-48-90-88-46-34-76(64-100(88)111(57-15-9-3)102(90)66-78)22-20-74-32-44-86(98(109)62-74)85(97)43-31-73/h31-54,61-72H,7-30,55-60H2,1-6H3. The number of hydrogen-bond acceptors (Lipinski definition) is 0. The zero-order chi connectivity index (χ0) is 76.9. The molecule has 1 aliphatic rings. The van der Waals surface area contributed by atoms with Crippen LogP contribution in [-0.2, 0) is 116 Å². The lowest BCUT2D eigenvalue weighted by molar-refractivity contribution is 0.664. The topological polar surface area (TPSA) is 29.6 Å². The number of rotatable bonds is 18. The summed E-state index contributed by atoms with van der Waals surface area (Å²) in [7, 11) is 0. The van der Waals surface area contributed by atoms with Crippen LogP contribution in [0.25, 0.3) is 131 Å². The SMILES string of the molecule is CCCCn1c2cc3ccc2c2ccc(cc21)CCc1ccc2c4ccc(cc4n(CCCC)c2c1)CCc1ccc2c4ccc(cc4n(CCCC)c2c1)CCc1ccc2c4ccc(cc4n(CCCC)c2c1)CCc1ccc2c4ccc(cc4n(CCCC)c2c1)CCc1ccc2c4ccc(cc4n(CCCC)c2c1)CC3. The second kappa shape index (κ2) is 32.0. The maximum absolute atomic E-state index is 2.66. The summed E-state index contributed by atoms with van der Waals surface area (Å²) >= 11 is 0. The van der Waals surface area contributed by atoms with Crippen molar-refractivity contribution in [3.63, 3.8) is 0 Å².